The van der Waals surface area contributed by atoms with E-state index in [1.165, 1.54) is 5.69 Å². The normalized spacial score (nSPS) is 13.2. The quantitative estimate of drug-likeness (QED) is 0.383. The minimum Gasteiger partial charge on any atom is -0.410 e. The van der Waals surface area contributed by atoms with Crippen LogP contribution >= 0.6 is 0 Å². The van der Waals surface area contributed by atoms with Gasteiger partial charge in [0, 0.05) is 42.8 Å². The van der Waals surface area contributed by atoms with E-state index in [1.807, 2.05) is 60.7 Å². The van der Waals surface area contributed by atoms with Gasteiger partial charge in [0.05, 0.1) is 18.9 Å². The van der Waals surface area contributed by atoms with Crippen LogP contribution in [-0.4, -0.2) is 42.4 Å². The van der Waals surface area contributed by atoms with E-state index in [4.69, 9.17) is 9.47 Å². The Bertz CT molecular complexity index is 1270. The Labute approximate surface area is 209 Å². The van der Waals surface area contributed by atoms with Gasteiger partial charge < -0.3 is 25.0 Å². The van der Waals surface area contributed by atoms with Gasteiger partial charge in [0.25, 0.3) is 0 Å². The molecule has 1 amide bonds. The highest BCUT2D eigenvalue weighted by atomic mass is 16.6. The number of hydrogen-bond acceptors (Lipinski definition) is 7. The van der Waals surface area contributed by atoms with Crippen molar-refractivity contribution < 1.29 is 14.3 Å². The first-order chi connectivity index (χ1) is 17.7. The molecule has 0 saturated carbocycles. The molecule has 1 fully saturated rings. The van der Waals surface area contributed by atoms with Crippen LogP contribution in [0.5, 0.6) is 5.75 Å². The second-order valence-corrected chi connectivity index (χ2v) is 8.29. The molecule has 3 aromatic carbocycles. The van der Waals surface area contributed by atoms with Gasteiger partial charge in [-0.3, -0.25) is 0 Å². The monoisotopic (exact) mass is 481 g/mol. The fourth-order valence-corrected chi connectivity index (χ4v) is 3.89. The highest BCUT2D eigenvalue weighted by Gasteiger charge is 2.11. The Morgan fingerprint density at radius 2 is 1.67 bits per heavy atom. The maximum atomic E-state index is 12.1. The molecule has 1 saturated heterocycles. The summed E-state index contributed by atoms with van der Waals surface area (Å²) in [5.74, 6) is 0.962. The minimum atomic E-state index is -0.500. The zero-order valence-electron chi connectivity index (χ0n) is 19.8. The summed E-state index contributed by atoms with van der Waals surface area (Å²) in [4.78, 5) is 23.4. The summed E-state index contributed by atoms with van der Waals surface area (Å²) < 4.78 is 10.8. The first-order valence-corrected chi connectivity index (χ1v) is 11.9. The summed E-state index contributed by atoms with van der Waals surface area (Å²) in [6, 6.07) is 27.0. The van der Waals surface area contributed by atoms with Crippen molar-refractivity contribution in [1.82, 2.24) is 15.3 Å². The maximum Gasteiger partial charge on any atom is 0.412 e. The number of benzene rings is 3. The lowest BCUT2D eigenvalue weighted by Gasteiger charge is -2.28. The van der Waals surface area contributed by atoms with Crippen molar-refractivity contribution in [3.05, 3.63) is 96.7 Å². The standard InChI is InChI=1S/C28H27N5O3/c34-28(30-20-21-4-2-1-3-5-21)36-25-12-6-22(7-13-25)26-14-15-29-27(32-26)31-23-8-10-24(11-9-23)33-16-18-35-19-17-33/h1-15H,16-20H2,(H,30,34)(H,29,31,32). The van der Waals surface area contributed by atoms with Gasteiger partial charge in [-0.05, 0) is 60.2 Å². The lowest BCUT2D eigenvalue weighted by molar-refractivity contribution is 0.122. The highest BCUT2D eigenvalue weighted by Crippen LogP contribution is 2.24. The van der Waals surface area contributed by atoms with E-state index in [9.17, 15) is 4.79 Å². The number of aromatic nitrogens is 2. The molecule has 4 aromatic rings. The molecule has 1 aromatic heterocycles. The summed E-state index contributed by atoms with van der Waals surface area (Å²) in [6.45, 7) is 3.73. The Morgan fingerprint density at radius 1 is 0.917 bits per heavy atom. The second-order valence-electron chi connectivity index (χ2n) is 8.29. The van der Waals surface area contributed by atoms with Crippen LogP contribution in [0.15, 0.2) is 91.1 Å². The van der Waals surface area contributed by atoms with E-state index in [-0.39, 0.29) is 0 Å². The first-order valence-electron chi connectivity index (χ1n) is 11.9. The van der Waals surface area contributed by atoms with Gasteiger partial charge in [0.15, 0.2) is 0 Å². The van der Waals surface area contributed by atoms with Crippen LogP contribution in [0.25, 0.3) is 11.3 Å². The smallest absolute Gasteiger partial charge is 0.410 e. The molecule has 0 spiro atoms. The lowest BCUT2D eigenvalue weighted by Crippen LogP contribution is -2.36. The molecule has 8 heteroatoms. The lowest BCUT2D eigenvalue weighted by atomic mass is 10.1. The summed E-state index contributed by atoms with van der Waals surface area (Å²) in [5, 5.41) is 6.01. The fraction of sp³-hybridized carbons (Fsp3) is 0.179. The van der Waals surface area contributed by atoms with E-state index < -0.39 is 6.09 Å². The molecule has 8 nitrogen and oxygen atoms in total. The van der Waals surface area contributed by atoms with E-state index in [1.54, 1.807) is 18.3 Å². The molecule has 0 aliphatic carbocycles. The summed E-state index contributed by atoms with van der Waals surface area (Å²) >= 11 is 0. The van der Waals surface area contributed by atoms with Crippen LogP contribution in [-0.2, 0) is 11.3 Å². The van der Waals surface area contributed by atoms with Crippen molar-refractivity contribution in [3.63, 3.8) is 0 Å². The third-order valence-electron chi connectivity index (χ3n) is 5.80. The second kappa shape index (κ2) is 11.3. The van der Waals surface area contributed by atoms with E-state index in [0.717, 1.165) is 48.8 Å². The molecular weight excluding hydrogens is 454 g/mol. The molecule has 1 aliphatic rings. The van der Waals surface area contributed by atoms with Crippen LogP contribution in [0.3, 0.4) is 0 Å². The van der Waals surface area contributed by atoms with E-state index in [2.05, 4.69) is 37.6 Å². The first kappa shape index (κ1) is 23.3. The van der Waals surface area contributed by atoms with Crippen molar-refractivity contribution >= 4 is 23.4 Å². The van der Waals surface area contributed by atoms with Gasteiger partial charge in [-0.2, -0.15) is 0 Å². The molecule has 0 atom stereocenters. The summed E-state index contributed by atoms with van der Waals surface area (Å²) in [7, 11) is 0. The number of carbonyl (C=O) groups excluding carboxylic acids is 1. The fourth-order valence-electron chi connectivity index (χ4n) is 3.89. The predicted octanol–water partition coefficient (Wildman–Crippen LogP) is 5.01. The zero-order valence-corrected chi connectivity index (χ0v) is 19.8. The van der Waals surface area contributed by atoms with Gasteiger partial charge in [0.2, 0.25) is 5.95 Å². The highest BCUT2D eigenvalue weighted by molar-refractivity contribution is 5.71. The van der Waals surface area contributed by atoms with Crippen molar-refractivity contribution in [3.8, 4) is 17.0 Å². The molecule has 36 heavy (non-hydrogen) atoms. The minimum absolute atomic E-state index is 0.407. The van der Waals surface area contributed by atoms with Gasteiger partial charge in [-0.25, -0.2) is 14.8 Å². The number of nitrogens with one attached hydrogen (secondary N) is 2. The van der Waals surface area contributed by atoms with E-state index in [0.29, 0.717) is 18.2 Å². The number of ether oxygens (including phenoxy) is 2. The van der Waals surface area contributed by atoms with Gasteiger partial charge >= 0.3 is 6.09 Å². The van der Waals surface area contributed by atoms with Crippen LogP contribution in [0, 0.1) is 0 Å². The number of nitrogens with zero attached hydrogens (tertiary/aromatic N) is 3. The zero-order chi connectivity index (χ0) is 24.6. The molecule has 2 heterocycles. The van der Waals surface area contributed by atoms with E-state index >= 15 is 0 Å². The Hall–Kier alpha value is -4.43. The Kier molecular flexibility index (Phi) is 7.34. The molecule has 5 rings (SSSR count). The van der Waals surface area contributed by atoms with Crippen LogP contribution in [0.1, 0.15) is 5.56 Å². The van der Waals surface area contributed by atoms with Gasteiger partial charge in [-0.1, -0.05) is 30.3 Å². The molecule has 1 aliphatic heterocycles. The summed E-state index contributed by atoms with van der Waals surface area (Å²) in [6.07, 6.45) is 1.22. The van der Waals surface area contributed by atoms with Crippen molar-refractivity contribution in [2.75, 3.05) is 36.5 Å². The van der Waals surface area contributed by atoms with Crippen LogP contribution < -0.4 is 20.3 Å². The molecular formula is C28H27N5O3. The molecule has 182 valence electrons. The number of carbonyl (C=O) groups is 1. The average molecular weight is 482 g/mol. The van der Waals surface area contributed by atoms with Crippen LogP contribution in [0.4, 0.5) is 22.1 Å². The number of rotatable bonds is 7. The van der Waals surface area contributed by atoms with Crippen LogP contribution in [0.2, 0.25) is 0 Å². The van der Waals surface area contributed by atoms with Gasteiger partial charge in [-0.15, -0.1) is 0 Å². The molecule has 0 radical (unpaired) electrons. The Morgan fingerprint density at radius 3 is 2.42 bits per heavy atom. The molecule has 2 N–H and O–H groups in total. The molecule has 0 unspecified atom stereocenters. The number of amides is 1. The van der Waals surface area contributed by atoms with Crippen molar-refractivity contribution in [2.45, 2.75) is 6.54 Å². The number of morpholine rings is 1. The average Bonchev–Trinajstić information content (AvgIpc) is 2.94. The van der Waals surface area contributed by atoms with Crippen molar-refractivity contribution in [1.29, 1.82) is 0 Å². The largest absolute Gasteiger partial charge is 0.412 e. The van der Waals surface area contributed by atoms with Crippen molar-refractivity contribution in [2.24, 2.45) is 0 Å². The number of anilines is 3. The third kappa shape index (κ3) is 6.17. The molecule has 0 bridgehead atoms. The Balaban J connectivity index is 1.18. The van der Waals surface area contributed by atoms with Gasteiger partial charge in [0.1, 0.15) is 5.75 Å². The SMILES string of the molecule is O=C(NCc1ccccc1)Oc1ccc(-c2ccnc(Nc3ccc(N4CCOCC4)cc3)n2)cc1. The summed E-state index contributed by atoms with van der Waals surface area (Å²) in [5.41, 5.74) is 4.74. The maximum absolute atomic E-state index is 12.1. The predicted molar refractivity (Wildman–Crippen MR) is 140 cm³/mol. The topological polar surface area (TPSA) is 88.6 Å². The number of hydrogen-bond donors (Lipinski definition) is 2. The third-order valence-corrected chi connectivity index (χ3v) is 5.80.